The zero-order chi connectivity index (χ0) is 42.3. The lowest BCUT2D eigenvalue weighted by molar-refractivity contribution is 0.295. The number of ether oxygens (including phenoxy) is 4. The van der Waals surface area contributed by atoms with Crippen molar-refractivity contribution in [3.05, 3.63) is 118 Å². The van der Waals surface area contributed by atoms with Gasteiger partial charge in [-0.2, -0.15) is 0 Å². The van der Waals surface area contributed by atoms with Gasteiger partial charge in [0, 0.05) is 35.4 Å². The SMILES string of the molecule is CCCCCCOc1cc(C#Cc2ccccc2)c(OCCCCCC)cc1C#CC#Cc1cc(OCCCCCC)c(C#Cc2ccccc2)cc1OCCCCCC. The number of rotatable bonds is 24. The fourth-order valence-corrected chi connectivity index (χ4v) is 6.35. The van der Waals surface area contributed by atoms with Gasteiger partial charge in [0.15, 0.2) is 0 Å². The van der Waals surface area contributed by atoms with Crippen molar-refractivity contribution in [3.63, 3.8) is 0 Å². The fourth-order valence-electron chi connectivity index (χ4n) is 6.35. The minimum absolute atomic E-state index is 0.600. The first-order chi connectivity index (χ1) is 29.6. The van der Waals surface area contributed by atoms with Gasteiger partial charge in [-0.05, 0) is 73.6 Å². The van der Waals surface area contributed by atoms with Gasteiger partial charge in [-0.25, -0.2) is 0 Å². The maximum Gasteiger partial charge on any atom is 0.136 e. The highest BCUT2D eigenvalue weighted by atomic mass is 16.5. The molecule has 314 valence electrons. The predicted molar refractivity (Wildman–Crippen MR) is 250 cm³/mol. The van der Waals surface area contributed by atoms with E-state index in [2.05, 4.69) is 75.1 Å². The molecule has 0 spiro atoms. The van der Waals surface area contributed by atoms with Crippen LogP contribution in [0, 0.1) is 47.4 Å². The molecule has 0 saturated carbocycles. The van der Waals surface area contributed by atoms with E-state index in [1.54, 1.807) is 0 Å². The molecule has 4 rings (SSSR count). The third-order valence-corrected chi connectivity index (χ3v) is 9.87. The first-order valence-corrected chi connectivity index (χ1v) is 22.7. The van der Waals surface area contributed by atoms with E-state index in [1.165, 1.54) is 51.4 Å². The summed E-state index contributed by atoms with van der Waals surface area (Å²) in [6.07, 6.45) is 17.8. The van der Waals surface area contributed by atoms with Crippen molar-refractivity contribution < 1.29 is 18.9 Å². The van der Waals surface area contributed by atoms with E-state index >= 15 is 0 Å². The topological polar surface area (TPSA) is 36.9 Å². The van der Waals surface area contributed by atoms with Crippen LogP contribution < -0.4 is 18.9 Å². The van der Waals surface area contributed by atoms with Gasteiger partial charge in [-0.3, -0.25) is 0 Å². The molecule has 0 unspecified atom stereocenters. The van der Waals surface area contributed by atoms with Gasteiger partial charge >= 0.3 is 0 Å². The zero-order valence-electron chi connectivity index (χ0n) is 36.9. The molecule has 4 nitrogen and oxygen atoms in total. The molecule has 0 heterocycles. The third-order valence-electron chi connectivity index (χ3n) is 9.87. The van der Waals surface area contributed by atoms with Crippen LogP contribution in [0.4, 0.5) is 0 Å². The van der Waals surface area contributed by atoms with E-state index in [0.717, 1.165) is 84.7 Å². The smallest absolute Gasteiger partial charge is 0.136 e. The molecular formula is C56H66O4. The highest BCUT2D eigenvalue weighted by molar-refractivity contribution is 5.62. The van der Waals surface area contributed by atoms with Crippen LogP contribution in [0.15, 0.2) is 84.9 Å². The Labute approximate surface area is 363 Å². The molecule has 0 atom stereocenters. The summed E-state index contributed by atoms with van der Waals surface area (Å²) >= 11 is 0. The zero-order valence-corrected chi connectivity index (χ0v) is 36.9. The Morgan fingerprint density at radius 3 is 0.883 bits per heavy atom. The summed E-state index contributed by atoms with van der Waals surface area (Å²) in [5.41, 5.74) is 4.91. The molecule has 0 saturated heterocycles. The predicted octanol–water partition coefficient (Wildman–Crippen LogP) is 13.7. The van der Waals surface area contributed by atoms with E-state index in [9.17, 15) is 0 Å². The van der Waals surface area contributed by atoms with Crippen LogP contribution in [0.2, 0.25) is 0 Å². The number of benzene rings is 4. The van der Waals surface area contributed by atoms with Crippen molar-refractivity contribution in [1.29, 1.82) is 0 Å². The monoisotopic (exact) mass is 802 g/mol. The van der Waals surface area contributed by atoms with Crippen molar-refractivity contribution in [2.75, 3.05) is 26.4 Å². The van der Waals surface area contributed by atoms with Crippen molar-refractivity contribution >= 4 is 0 Å². The van der Waals surface area contributed by atoms with Crippen LogP contribution in [0.25, 0.3) is 0 Å². The van der Waals surface area contributed by atoms with Crippen LogP contribution in [-0.2, 0) is 0 Å². The van der Waals surface area contributed by atoms with E-state index < -0.39 is 0 Å². The Balaban J connectivity index is 1.74. The van der Waals surface area contributed by atoms with Crippen LogP contribution in [0.3, 0.4) is 0 Å². The lowest BCUT2D eigenvalue weighted by Crippen LogP contribution is -2.03. The standard InChI is InChI=1S/C56H66O4/c1-5-9-13-25-39-57-53-45-51(37-35-47-29-19-17-20-30-47)55(59-41-27-15-11-7-3)43-49(53)33-23-24-34-50-44-56(60-42-28-16-12-8-4)52(38-36-48-31-21-18-22-32-48)46-54(50)58-40-26-14-10-6-2/h17-22,29-32,43-46H,5-16,25-28,39-42H2,1-4H3. The largest absolute Gasteiger partial charge is 0.492 e. The van der Waals surface area contributed by atoms with Crippen molar-refractivity contribution in [2.45, 2.75) is 130 Å². The number of hydrogen-bond donors (Lipinski definition) is 0. The van der Waals surface area contributed by atoms with Gasteiger partial charge < -0.3 is 18.9 Å². The molecule has 0 bridgehead atoms. The molecule has 0 aromatic heterocycles. The Bertz CT molecular complexity index is 1940. The molecule has 0 aliphatic carbocycles. The van der Waals surface area contributed by atoms with Crippen LogP contribution in [0.5, 0.6) is 23.0 Å². The summed E-state index contributed by atoms with van der Waals surface area (Å²) in [6, 6.07) is 28.0. The highest BCUT2D eigenvalue weighted by Gasteiger charge is 2.13. The van der Waals surface area contributed by atoms with Crippen LogP contribution in [0.1, 0.15) is 164 Å². The Morgan fingerprint density at radius 2 is 0.600 bits per heavy atom. The van der Waals surface area contributed by atoms with Crippen molar-refractivity contribution in [3.8, 4) is 70.4 Å². The molecule has 4 aromatic carbocycles. The molecule has 0 aliphatic rings. The summed E-state index contributed by atoms with van der Waals surface area (Å²) in [5, 5.41) is 0. The molecule has 4 aromatic rings. The maximum atomic E-state index is 6.42. The summed E-state index contributed by atoms with van der Waals surface area (Å²) in [4.78, 5) is 0. The Morgan fingerprint density at radius 1 is 0.317 bits per heavy atom. The lowest BCUT2D eigenvalue weighted by atomic mass is 10.1. The summed E-state index contributed by atoms with van der Waals surface area (Å²) in [6.45, 7) is 11.3. The van der Waals surface area contributed by atoms with E-state index in [4.69, 9.17) is 18.9 Å². The first-order valence-electron chi connectivity index (χ1n) is 22.7. The van der Waals surface area contributed by atoms with E-state index in [1.807, 2.05) is 84.9 Å². The van der Waals surface area contributed by atoms with Crippen molar-refractivity contribution in [1.82, 2.24) is 0 Å². The van der Waals surface area contributed by atoms with Gasteiger partial charge in [0.25, 0.3) is 0 Å². The lowest BCUT2D eigenvalue weighted by Gasteiger charge is -2.14. The first kappa shape index (κ1) is 47.0. The second-order valence-electron chi connectivity index (χ2n) is 15.1. The minimum Gasteiger partial charge on any atom is -0.492 e. The molecular weight excluding hydrogens is 737 g/mol. The number of hydrogen-bond acceptors (Lipinski definition) is 4. The Hall–Kier alpha value is -5.68. The molecule has 0 radical (unpaired) electrons. The van der Waals surface area contributed by atoms with E-state index in [-0.39, 0.29) is 0 Å². The molecule has 0 amide bonds. The van der Waals surface area contributed by atoms with E-state index in [0.29, 0.717) is 49.4 Å². The highest BCUT2D eigenvalue weighted by Crippen LogP contribution is 2.31. The minimum atomic E-state index is 0.600. The van der Waals surface area contributed by atoms with Crippen LogP contribution >= 0.6 is 0 Å². The van der Waals surface area contributed by atoms with Gasteiger partial charge in [-0.1, -0.05) is 165 Å². The molecule has 0 N–H and O–H groups in total. The van der Waals surface area contributed by atoms with Crippen molar-refractivity contribution in [2.24, 2.45) is 0 Å². The van der Waals surface area contributed by atoms with Gasteiger partial charge in [0.2, 0.25) is 0 Å². The summed E-state index contributed by atoms with van der Waals surface area (Å²) < 4.78 is 25.6. The average molecular weight is 803 g/mol. The van der Waals surface area contributed by atoms with Gasteiger partial charge in [-0.15, -0.1) is 0 Å². The second-order valence-corrected chi connectivity index (χ2v) is 15.1. The Kier molecular flexibility index (Phi) is 23.1. The number of unbranched alkanes of at least 4 members (excludes halogenated alkanes) is 12. The molecule has 0 aliphatic heterocycles. The normalized spacial score (nSPS) is 10.1. The molecule has 0 fully saturated rings. The van der Waals surface area contributed by atoms with Gasteiger partial charge in [0.1, 0.15) is 23.0 Å². The third kappa shape index (κ3) is 18.1. The second kappa shape index (κ2) is 29.5. The average Bonchev–Trinajstić information content (AvgIpc) is 3.28. The summed E-state index contributed by atoms with van der Waals surface area (Å²) in [7, 11) is 0. The van der Waals surface area contributed by atoms with Crippen LogP contribution in [-0.4, -0.2) is 26.4 Å². The molecule has 60 heavy (non-hydrogen) atoms. The quantitative estimate of drug-likeness (QED) is 0.0522. The summed E-state index contributed by atoms with van der Waals surface area (Å²) in [5.74, 6) is 29.1. The molecule has 4 heteroatoms. The maximum absolute atomic E-state index is 6.42. The van der Waals surface area contributed by atoms with Gasteiger partial charge in [0.05, 0.1) is 48.7 Å². The fraction of sp³-hybridized carbons (Fsp3) is 0.429.